The average Bonchev–Trinajstić information content (AvgIpc) is 2.84. The fourth-order valence-electron chi connectivity index (χ4n) is 2.30. The smallest absolute Gasteiger partial charge is 0.0701 e. The number of halogens is 2. The maximum Gasteiger partial charge on any atom is 0.0701 e. The van der Waals surface area contributed by atoms with Crippen LogP contribution in [0.15, 0.2) is 37.9 Å². The summed E-state index contributed by atoms with van der Waals surface area (Å²) in [5, 5.41) is 2.19. The summed E-state index contributed by atoms with van der Waals surface area (Å²) in [5.41, 5.74) is 10.0. The van der Waals surface area contributed by atoms with Gasteiger partial charge in [-0.2, -0.15) is 0 Å². The molecule has 114 valence electrons. The summed E-state index contributed by atoms with van der Waals surface area (Å²) in [6.07, 6.45) is 1.90. The van der Waals surface area contributed by atoms with Crippen LogP contribution < -0.4 is 10.6 Å². The van der Waals surface area contributed by atoms with Crippen LogP contribution in [0.1, 0.15) is 24.5 Å². The minimum absolute atomic E-state index is 0.210. The number of hydrogen-bond donors (Lipinski definition) is 1. The number of rotatable bonds is 6. The zero-order valence-electron chi connectivity index (χ0n) is 12.3. The molecule has 2 aromatic rings. The zero-order chi connectivity index (χ0) is 15.4. The van der Waals surface area contributed by atoms with Crippen molar-refractivity contribution in [2.75, 3.05) is 11.9 Å². The van der Waals surface area contributed by atoms with Gasteiger partial charge in [-0.1, -0.05) is 22.9 Å². The van der Waals surface area contributed by atoms with Gasteiger partial charge in [0.05, 0.1) is 3.79 Å². The highest BCUT2D eigenvalue weighted by molar-refractivity contribution is 9.11. The van der Waals surface area contributed by atoms with Crippen molar-refractivity contribution in [3.63, 3.8) is 0 Å². The largest absolute Gasteiger partial charge is 0.370 e. The van der Waals surface area contributed by atoms with Gasteiger partial charge in [0.1, 0.15) is 0 Å². The first-order chi connectivity index (χ1) is 9.99. The van der Waals surface area contributed by atoms with Crippen molar-refractivity contribution < 1.29 is 0 Å². The Kier molecular flexibility index (Phi) is 6.29. The topological polar surface area (TPSA) is 29.3 Å². The van der Waals surface area contributed by atoms with E-state index in [1.807, 2.05) is 0 Å². The Bertz CT molecular complexity index is 598. The van der Waals surface area contributed by atoms with Crippen LogP contribution in [-0.4, -0.2) is 13.1 Å². The van der Waals surface area contributed by atoms with Gasteiger partial charge in [0, 0.05) is 29.8 Å². The molecule has 21 heavy (non-hydrogen) atoms. The second-order valence-corrected chi connectivity index (χ2v) is 8.47. The minimum Gasteiger partial charge on any atom is -0.370 e. The molecule has 2 N–H and O–H groups in total. The highest BCUT2D eigenvalue weighted by Crippen LogP contribution is 2.28. The molecule has 0 aliphatic carbocycles. The van der Waals surface area contributed by atoms with Gasteiger partial charge < -0.3 is 10.6 Å². The van der Waals surface area contributed by atoms with Crippen LogP contribution in [0.5, 0.6) is 0 Å². The van der Waals surface area contributed by atoms with Crippen molar-refractivity contribution in [3.8, 4) is 0 Å². The minimum atomic E-state index is 0.210. The van der Waals surface area contributed by atoms with Crippen LogP contribution >= 0.6 is 43.2 Å². The molecule has 2 rings (SSSR count). The average molecular weight is 432 g/mol. The quantitative estimate of drug-likeness (QED) is 0.681. The molecule has 1 unspecified atom stereocenters. The van der Waals surface area contributed by atoms with E-state index in [-0.39, 0.29) is 6.04 Å². The fraction of sp³-hybridized carbons (Fsp3) is 0.375. The molecule has 1 aromatic heterocycles. The molecule has 1 aromatic carbocycles. The third-order valence-corrected chi connectivity index (χ3v) is 5.55. The van der Waals surface area contributed by atoms with Crippen molar-refractivity contribution in [1.82, 2.24) is 0 Å². The lowest BCUT2D eigenvalue weighted by Crippen LogP contribution is -2.24. The van der Waals surface area contributed by atoms with E-state index in [1.165, 1.54) is 20.6 Å². The fourth-order valence-corrected chi connectivity index (χ4v) is 3.91. The first kappa shape index (κ1) is 17.0. The maximum atomic E-state index is 6.14. The van der Waals surface area contributed by atoms with Crippen molar-refractivity contribution in [2.24, 2.45) is 5.73 Å². The summed E-state index contributed by atoms with van der Waals surface area (Å²) in [4.78, 5) is 2.29. The monoisotopic (exact) mass is 430 g/mol. The van der Waals surface area contributed by atoms with E-state index in [1.54, 1.807) is 11.3 Å². The van der Waals surface area contributed by atoms with Gasteiger partial charge in [0.25, 0.3) is 0 Å². The van der Waals surface area contributed by atoms with Crippen LogP contribution in [0.25, 0.3) is 0 Å². The standard InChI is InChI=1S/C16H20Br2N2S/c1-3-14(19)8-12-7-13(17)4-5-15(12)20(2)9-11-6-16(18)21-10-11/h4-7,10,14H,3,8-9,19H2,1-2H3. The number of hydrogen-bond acceptors (Lipinski definition) is 3. The summed E-state index contributed by atoms with van der Waals surface area (Å²) in [6.45, 7) is 3.03. The van der Waals surface area contributed by atoms with Crippen molar-refractivity contribution in [1.29, 1.82) is 0 Å². The van der Waals surface area contributed by atoms with E-state index in [4.69, 9.17) is 5.73 Å². The molecular formula is C16H20Br2N2S. The predicted molar refractivity (Wildman–Crippen MR) is 100 cm³/mol. The van der Waals surface area contributed by atoms with Crippen molar-refractivity contribution in [3.05, 3.63) is 49.0 Å². The molecular weight excluding hydrogens is 412 g/mol. The lowest BCUT2D eigenvalue weighted by atomic mass is 10.0. The van der Waals surface area contributed by atoms with E-state index < -0.39 is 0 Å². The van der Waals surface area contributed by atoms with Gasteiger partial charge in [-0.25, -0.2) is 0 Å². The Hall–Kier alpha value is -0.360. The molecule has 0 aliphatic heterocycles. The third kappa shape index (κ3) is 4.81. The molecule has 0 amide bonds. The Morgan fingerprint density at radius 3 is 2.67 bits per heavy atom. The maximum absolute atomic E-state index is 6.14. The first-order valence-corrected chi connectivity index (χ1v) is 9.44. The summed E-state index contributed by atoms with van der Waals surface area (Å²) < 4.78 is 2.28. The SMILES string of the molecule is CCC(N)Cc1cc(Br)ccc1N(C)Cc1csc(Br)c1. The van der Waals surface area contributed by atoms with Crippen LogP contribution in [-0.2, 0) is 13.0 Å². The molecule has 1 heterocycles. The lowest BCUT2D eigenvalue weighted by molar-refractivity contribution is 0.645. The molecule has 2 nitrogen and oxygen atoms in total. The van der Waals surface area contributed by atoms with Gasteiger partial charge in [-0.3, -0.25) is 0 Å². The van der Waals surface area contributed by atoms with E-state index in [9.17, 15) is 0 Å². The molecule has 0 aliphatic rings. The number of nitrogens with zero attached hydrogens (tertiary/aromatic N) is 1. The van der Waals surface area contributed by atoms with Crippen molar-refractivity contribution >= 4 is 48.9 Å². The summed E-state index contributed by atoms with van der Waals surface area (Å²) >= 11 is 8.81. The van der Waals surface area contributed by atoms with E-state index >= 15 is 0 Å². The number of nitrogens with two attached hydrogens (primary N) is 1. The van der Waals surface area contributed by atoms with Crippen LogP contribution in [0, 0.1) is 0 Å². The molecule has 0 saturated carbocycles. The second-order valence-electron chi connectivity index (χ2n) is 5.26. The second kappa shape index (κ2) is 7.77. The number of thiophene rings is 1. The van der Waals surface area contributed by atoms with Gasteiger partial charge in [0.15, 0.2) is 0 Å². The Morgan fingerprint density at radius 1 is 1.29 bits per heavy atom. The molecule has 0 radical (unpaired) electrons. The van der Waals surface area contributed by atoms with Crippen molar-refractivity contribution in [2.45, 2.75) is 32.4 Å². The van der Waals surface area contributed by atoms with E-state index in [0.29, 0.717) is 0 Å². The highest BCUT2D eigenvalue weighted by Gasteiger charge is 2.12. The summed E-state index contributed by atoms with van der Waals surface area (Å²) in [6, 6.07) is 8.84. The van der Waals surface area contributed by atoms with Crippen LogP contribution in [0.3, 0.4) is 0 Å². The van der Waals surface area contributed by atoms with E-state index in [2.05, 4.69) is 80.4 Å². The van der Waals surface area contributed by atoms with Gasteiger partial charge >= 0.3 is 0 Å². The summed E-state index contributed by atoms with van der Waals surface area (Å²) in [5.74, 6) is 0. The third-order valence-electron chi connectivity index (χ3n) is 3.50. The van der Waals surface area contributed by atoms with Gasteiger partial charge in [-0.05, 0) is 69.5 Å². The Labute approximate surface area is 147 Å². The van der Waals surface area contributed by atoms with Gasteiger partial charge in [0.2, 0.25) is 0 Å². The normalized spacial score (nSPS) is 12.4. The molecule has 1 atom stereocenters. The van der Waals surface area contributed by atoms with Gasteiger partial charge in [-0.15, -0.1) is 11.3 Å². The zero-order valence-corrected chi connectivity index (χ0v) is 16.3. The van der Waals surface area contributed by atoms with E-state index in [0.717, 1.165) is 23.9 Å². The van der Waals surface area contributed by atoms with Crippen LogP contribution in [0.4, 0.5) is 5.69 Å². The number of benzene rings is 1. The number of anilines is 1. The Balaban J connectivity index is 2.20. The molecule has 0 saturated heterocycles. The highest BCUT2D eigenvalue weighted by atomic mass is 79.9. The van der Waals surface area contributed by atoms with Crippen LogP contribution in [0.2, 0.25) is 0 Å². The summed E-state index contributed by atoms with van der Waals surface area (Å²) in [7, 11) is 2.13. The lowest BCUT2D eigenvalue weighted by Gasteiger charge is -2.23. The molecule has 5 heteroatoms. The Morgan fingerprint density at radius 2 is 2.05 bits per heavy atom. The first-order valence-electron chi connectivity index (χ1n) is 6.97. The molecule has 0 spiro atoms. The predicted octanol–water partition coefficient (Wildman–Crippen LogP) is 5.19. The molecule has 0 bridgehead atoms. The molecule has 0 fully saturated rings.